The van der Waals surface area contributed by atoms with Crippen LogP contribution in [0.2, 0.25) is 0 Å². The van der Waals surface area contributed by atoms with Gasteiger partial charge in [-0.25, -0.2) is 4.79 Å². The van der Waals surface area contributed by atoms with Crippen LogP contribution in [0.4, 0.5) is 0 Å². The van der Waals surface area contributed by atoms with Gasteiger partial charge in [0.25, 0.3) is 0 Å². The van der Waals surface area contributed by atoms with Crippen molar-refractivity contribution in [2.75, 3.05) is 0 Å². The SMILES string of the molecule is CC1=CCC[C@]2(C)[C@H](c3ccoc3)OC(=O)[C@H]3O[C@]132. The maximum absolute atomic E-state index is 12.1. The standard InChI is InChI=1S/C15H16O4/c1-9-4-3-6-14(2)11(10-5-7-17-8-10)18-13(16)12-15(9,14)19-12/h4-5,7-8,11-12H,3,6H2,1-2H3/t11-,12+,14+,15+/m0/s1. The summed E-state index contributed by atoms with van der Waals surface area (Å²) in [6.45, 7) is 4.22. The summed E-state index contributed by atoms with van der Waals surface area (Å²) in [6.07, 6.45) is 6.69. The molecule has 4 atom stereocenters. The van der Waals surface area contributed by atoms with E-state index >= 15 is 0 Å². The van der Waals surface area contributed by atoms with E-state index in [-0.39, 0.29) is 17.5 Å². The minimum Gasteiger partial charge on any atom is -0.472 e. The fraction of sp³-hybridized carbons (Fsp3) is 0.533. The maximum Gasteiger partial charge on any atom is 0.339 e. The molecule has 100 valence electrons. The Morgan fingerprint density at radius 3 is 2.95 bits per heavy atom. The fourth-order valence-electron chi connectivity index (χ4n) is 3.97. The molecule has 0 amide bonds. The predicted octanol–water partition coefficient (Wildman–Crippen LogP) is 2.76. The van der Waals surface area contributed by atoms with Gasteiger partial charge < -0.3 is 13.9 Å². The van der Waals surface area contributed by atoms with Gasteiger partial charge in [-0.1, -0.05) is 13.0 Å². The number of hydrogen-bond acceptors (Lipinski definition) is 4. The van der Waals surface area contributed by atoms with Crippen molar-refractivity contribution in [1.29, 1.82) is 0 Å². The molecule has 1 aliphatic carbocycles. The largest absolute Gasteiger partial charge is 0.472 e. The molecular formula is C15H16O4. The quantitative estimate of drug-likeness (QED) is 0.442. The van der Waals surface area contributed by atoms with Crippen LogP contribution in [0.3, 0.4) is 0 Å². The molecule has 1 spiro atoms. The number of hydrogen-bond donors (Lipinski definition) is 0. The van der Waals surface area contributed by atoms with E-state index in [9.17, 15) is 4.79 Å². The van der Waals surface area contributed by atoms with Crippen molar-refractivity contribution in [1.82, 2.24) is 0 Å². The van der Waals surface area contributed by atoms with Crippen molar-refractivity contribution in [2.24, 2.45) is 5.41 Å². The molecule has 4 nitrogen and oxygen atoms in total. The van der Waals surface area contributed by atoms with Gasteiger partial charge in [0, 0.05) is 11.0 Å². The molecule has 4 heteroatoms. The lowest BCUT2D eigenvalue weighted by molar-refractivity contribution is -0.166. The number of furan rings is 1. The Labute approximate surface area is 111 Å². The summed E-state index contributed by atoms with van der Waals surface area (Å²) in [5, 5.41) is 0. The number of rotatable bonds is 1. The predicted molar refractivity (Wildman–Crippen MR) is 66.2 cm³/mol. The molecule has 3 aliphatic rings. The summed E-state index contributed by atoms with van der Waals surface area (Å²) < 4.78 is 16.7. The lowest BCUT2D eigenvalue weighted by Gasteiger charge is -2.46. The number of carbonyl (C=O) groups excluding carboxylic acids is 1. The van der Waals surface area contributed by atoms with E-state index in [2.05, 4.69) is 19.9 Å². The molecule has 4 rings (SSSR count). The molecule has 0 unspecified atom stereocenters. The molecule has 2 aliphatic heterocycles. The van der Waals surface area contributed by atoms with Crippen molar-refractivity contribution in [3.8, 4) is 0 Å². The Balaban J connectivity index is 1.86. The first-order valence-electron chi connectivity index (χ1n) is 6.67. The number of carbonyl (C=O) groups is 1. The summed E-state index contributed by atoms with van der Waals surface area (Å²) in [5.41, 5.74) is 1.41. The number of cyclic esters (lactones) is 1. The van der Waals surface area contributed by atoms with Gasteiger partial charge in [0.05, 0.1) is 12.5 Å². The second-order valence-electron chi connectivity index (χ2n) is 5.95. The lowest BCUT2D eigenvalue weighted by Crippen LogP contribution is -2.51. The van der Waals surface area contributed by atoms with Gasteiger partial charge in [0.15, 0.2) is 6.10 Å². The second-order valence-corrected chi connectivity index (χ2v) is 5.95. The van der Waals surface area contributed by atoms with Crippen LogP contribution >= 0.6 is 0 Å². The molecule has 1 aromatic heterocycles. The highest BCUT2D eigenvalue weighted by atomic mass is 16.7. The van der Waals surface area contributed by atoms with Crippen molar-refractivity contribution < 1.29 is 18.7 Å². The minimum atomic E-state index is -0.456. The van der Waals surface area contributed by atoms with Gasteiger partial charge in [0.2, 0.25) is 0 Å². The van der Waals surface area contributed by atoms with Crippen LogP contribution in [0.15, 0.2) is 34.7 Å². The highest BCUT2D eigenvalue weighted by Gasteiger charge is 2.77. The van der Waals surface area contributed by atoms with Gasteiger partial charge in [-0.05, 0) is 31.4 Å². The summed E-state index contributed by atoms with van der Waals surface area (Å²) >= 11 is 0. The van der Waals surface area contributed by atoms with Crippen LogP contribution < -0.4 is 0 Å². The summed E-state index contributed by atoms with van der Waals surface area (Å²) in [7, 11) is 0. The summed E-state index contributed by atoms with van der Waals surface area (Å²) in [4.78, 5) is 12.1. The van der Waals surface area contributed by atoms with Crippen molar-refractivity contribution in [3.63, 3.8) is 0 Å². The zero-order chi connectivity index (χ0) is 13.3. The van der Waals surface area contributed by atoms with E-state index in [0.29, 0.717) is 0 Å². The van der Waals surface area contributed by atoms with Gasteiger partial charge in [-0.3, -0.25) is 0 Å². The van der Waals surface area contributed by atoms with Crippen LogP contribution in [0, 0.1) is 5.41 Å². The Morgan fingerprint density at radius 2 is 2.21 bits per heavy atom. The van der Waals surface area contributed by atoms with Crippen LogP contribution in [0.5, 0.6) is 0 Å². The number of ether oxygens (including phenoxy) is 2. The monoisotopic (exact) mass is 260 g/mol. The highest BCUT2D eigenvalue weighted by molar-refractivity contribution is 5.83. The van der Waals surface area contributed by atoms with E-state index in [1.54, 1.807) is 12.5 Å². The average molecular weight is 260 g/mol. The molecule has 2 saturated heterocycles. The van der Waals surface area contributed by atoms with Gasteiger partial charge in [0.1, 0.15) is 11.7 Å². The smallest absolute Gasteiger partial charge is 0.339 e. The third-order valence-corrected chi connectivity index (χ3v) is 5.04. The molecule has 3 heterocycles. The Bertz CT molecular complexity index is 573. The molecule has 0 aromatic carbocycles. The van der Waals surface area contributed by atoms with Gasteiger partial charge >= 0.3 is 5.97 Å². The highest BCUT2D eigenvalue weighted by Crippen LogP contribution is 2.67. The van der Waals surface area contributed by atoms with E-state index in [0.717, 1.165) is 24.0 Å². The van der Waals surface area contributed by atoms with E-state index in [4.69, 9.17) is 13.9 Å². The average Bonchev–Trinajstić information content (AvgIpc) is 2.94. The minimum absolute atomic E-state index is 0.214. The molecule has 0 radical (unpaired) electrons. The molecule has 1 aromatic rings. The first kappa shape index (κ1) is 11.3. The van der Waals surface area contributed by atoms with Crippen LogP contribution in [-0.2, 0) is 14.3 Å². The third-order valence-electron chi connectivity index (χ3n) is 5.04. The molecule has 0 bridgehead atoms. The zero-order valence-electron chi connectivity index (χ0n) is 11.0. The molecular weight excluding hydrogens is 244 g/mol. The topological polar surface area (TPSA) is 52.0 Å². The first-order chi connectivity index (χ1) is 9.09. The zero-order valence-corrected chi connectivity index (χ0v) is 11.0. The lowest BCUT2D eigenvalue weighted by atomic mass is 9.60. The maximum atomic E-state index is 12.1. The Morgan fingerprint density at radius 1 is 1.37 bits per heavy atom. The molecule has 0 saturated carbocycles. The van der Waals surface area contributed by atoms with E-state index in [1.807, 2.05) is 6.07 Å². The van der Waals surface area contributed by atoms with Crippen LogP contribution in [-0.4, -0.2) is 17.7 Å². The van der Waals surface area contributed by atoms with E-state index < -0.39 is 11.7 Å². The van der Waals surface area contributed by atoms with Gasteiger partial charge in [-0.2, -0.15) is 0 Å². The molecule has 2 fully saturated rings. The number of epoxide rings is 1. The van der Waals surface area contributed by atoms with Crippen LogP contribution in [0.25, 0.3) is 0 Å². The van der Waals surface area contributed by atoms with Crippen LogP contribution in [0.1, 0.15) is 38.4 Å². The van der Waals surface area contributed by atoms with Crippen molar-refractivity contribution in [2.45, 2.75) is 44.5 Å². The normalized spacial score (nSPS) is 43.9. The second kappa shape index (κ2) is 3.31. The van der Waals surface area contributed by atoms with Gasteiger partial charge in [-0.15, -0.1) is 0 Å². The molecule has 19 heavy (non-hydrogen) atoms. The Kier molecular flexibility index (Phi) is 1.97. The van der Waals surface area contributed by atoms with E-state index in [1.165, 1.54) is 0 Å². The summed E-state index contributed by atoms with van der Waals surface area (Å²) in [6, 6.07) is 1.87. The van der Waals surface area contributed by atoms with Crippen molar-refractivity contribution >= 4 is 5.97 Å². The number of esters is 1. The fourth-order valence-corrected chi connectivity index (χ4v) is 3.97. The first-order valence-corrected chi connectivity index (χ1v) is 6.67. The third kappa shape index (κ3) is 1.16. The molecule has 0 N–H and O–H groups in total. The number of allylic oxidation sites excluding steroid dienone is 1. The summed E-state index contributed by atoms with van der Waals surface area (Å²) in [5.74, 6) is -0.252. The van der Waals surface area contributed by atoms with Crippen molar-refractivity contribution in [3.05, 3.63) is 35.8 Å². The Hall–Kier alpha value is -1.55.